The van der Waals surface area contributed by atoms with Crippen LogP contribution in [0.1, 0.15) is 18.1 Å². The van der Waals surface area contributed by atoms with E-state index in [2.05, 4.69) is 84.7 Å². The van der Waals surface area contributed by atoms with E-state index in [1.165, 1.54) is 0 Å². The summed E-state index contributed by atoms with van der Waals surface area (Å²) < 4.78 is 15.5. The van der Waals surface area contributed by atoms with E-state index in [1.54, 1.807) is 0 Å². The van der Waals surface area contributed by atoms with E-state index in [4.69, 9.17) is 0 Å². The fourth-order valence-electron chi connectivity index (χ4n) is 5.58. The number of hydrogen-bond acceptors (Lipinski definition) is 2. The van der Waals surface area contributed by atoms with Crippen molar-refractivity contribution < 1.29 is 4.57 Å². The average Bonchev–Trinajstić information content (AvgIpc) is 3.31. The lowest BCUT2D eigenvalue weighted by atomic mass is 9.89. The van der Waals surface area contributed by atoms with E-state index >= 15 is 4.57 Å². The largest absolute Gasteiger partial charge is 0.340 e. The van der Waals surface area contributed by atoms with Gasteiger partial charge in [-0.1, -0.05) is 110 Å². The molecule has 1 atom stereocenters. The highest BCUT2D eigenvalue weighted by Gasteiger charge is 2.55. The van der Waals surface area contributed by atoms with Crippen LogP contribution in [0.3, 0.4) is 0 Å². The van der Waals surface area contributed by atoms with Gasteiger partial charge >= 0.3 is 0 Å². The van der Waals surface area contributed by atoms with E-state index in [1.807, 2.05) is 72.8 Å². The standard InChI is InChI=1S/C34H28NOP/c1-27-15-14-24-33-32(28-16-6-2-7-17-28)25-34(35(27)33,29-18-8-3-9-19-29)26-37(36,30-20-10-4-11-21-30)31-22-12-5-13-23-31/h2-24H,26H2,1H3/t34-/m0/s1. The zero-order chi connectivity index (χ0) is 25.3. The number of benzene rings is 4. The molecule has 37 heavy (non-hydrogen) atoms. The van der Waals surface area contributed by atoms with E-state index in [0.29, 0.717) is 6.16 Å². The Morgan fingerprint density at radius 1 is 0.757 bits per heavy atom. The molecule has 0 saturated carbocycles. The third-order valence-corrected chi connectivity index (χ3v) is 10.4. The van der Waals surface area contributed by atoms with Crippen LogP contribution in [0.25, 0.3) is 5.57 Å². The van der Waals surface area contributed by atoms with Crippen molar-refractivity contribution in [3.05, 3.63) is 168 Å². The number of allylic oxidation sites excluding steroid dienone is 3. The van der Waals surface area contributed by atoms with Crippen molar-refractivity contribution in [1.29, 1.82) is 0 Å². The van der Waals surface area contributed by atoms with Crippen molar-refractivity contribution in [1.82, 2.24) is 4.90 Å². The van der Waals surface area contributed by atoms with Gasteiger partial charge in [0.1, 0.15) is 12.8 Å². The molecule has 0 radical (unpaired) electrons. The van der Waals surface area contributed by atoms with Crippen molar-refractivity contribution in [2.75, 3.05) is 6.16 Å². The van der Waals surface area contributed by atoms with Crippen LogP contribution in [0.15, 0.2) is 145 Å². The molecule has 4 aromatic carbocycles. The minimum absolute atomic E-state index is 0.386. The normalized spacial score (nSPS) is 18.6. The van der Waals surface area contributed by atoms with Crippen LogP contribution in [0, 0.1) is 12.1 Å². The van der Waals surface area contributed by atoms with Crippen LogP contribution >= 0.6 is 7.14 Å². The first-order valence-corrected chi connectivity index (χ1v) is 14.5. The summed E-state index contributed by atoms with van der Waals surface area (Å²) in [6.07, 6.45) is 10.7. The second kappa shape index (κ2) is 9.41. The predicted molar refractivity (Wildman–Crippen MR) is 154 cm³/mol. The van der Waals surface area contributed by atoms with E-state index < -0.39 is 12.7 Å². The third kappa shape index (κ3) is 3.96. The van der Waals surface area contributed by atoms with Crippen molar-refractivity contribution in [2.24, 2.45) is 0 Å². The van der Waals surface area contributed by atoms with Crippen molar-refractivity contribution in [3.63, 3.8) is 0 Å². The molecule has 2 aliphatic heterocycles. The highest BCUT2D eigenvalue weighted by molar-refractivity contribution is 7.78. The minimum Gasteiger partial charge on any atom is -0.340 e. The fourth-order valence-corrected chi connectivity index (χ4v) is 8.60. The van der Waals surface area contributed by atoms with Crippen molar-refractivity contribution >= 4 is 23.3 Å². The molecule has 2 nitrogen and oxygen atoms in total. The molecular weight excluding hydrogens is 469 g/mol. The van der Waals surface area contributed by atoms with Gasteiger partial charge in [0.05, 0.1) is 17.8 Å². The zero-order valence-electron chi connectivity index (χ0n) is 20.8. The lowest BCUT2D eigenvalue weighted by Gasteiger charge is -2.45. The van der Waals surface area contributed by atoms with E-state index in [0.717, 1.165) is 39.0 Å². The molecular formula is C34H28NOP. The molecule has 0 aromatic heterocycles. The number of nitrogens with zero attached hydrogens (tertiary/aromatic N) is 1. The molecule has 0 saturated heterocycles. The van der Waals surface area contributed by atoms with Gasteiger partial charge in [-0.2, -0.15) is 6.08 Å². The molecule has 180 valence electrons. The Kier molecular flexibility index (Phi) is 5.93. The fraction of sp³-hybridized carbons (Fsp3) is 0.0882. The molecule has 2 aliphatic rings. The first kappa shape index (κ1) is 23.3. The molecule has 0 bridgehead atoms. The monoisotopic (exact) mass is 497 g/mol. The SMILES string of the molecule is C[C-]1C=CC=C2C(c3ccccc3)=[C+][C@](CP(=O)(c3ccccc3)c3ccccc3)(c3ccccc3)N21. The maximum atomic E-state index is 15.5. The van der Waals surface area contributed by atoms with Crippen LogP contribution in [0.5, 0.6) is 0 Å². The van der Waals surface area contributed by atoms with Crippen LogP contribution < -0.4 is 10.6 Å². The summed E-state index contributed by atoms with van der Waals surface area (Å²) in [5, 5.41) is 1.73. The van der Waals surface area contributed by atoms with Crippen LogP contribution in [-0.2, 0) is 10.1 Å². The quantitative estimate of drug-likeness (QED) is 0.209. The molecule has 0 N–H and O–H groups in total. The molecule has 0 fully saturated rings. The second-order valence-corrected chi connectivity index (χ2v) is 12.4. The molecule has 0 spiro atoms. The highest BCUT2D eigenvalue weighted by atomic mass is 31.2. The Bertz CT molecular complexity index is 1480. The van der Waals surface area contributed by atoms with Gasteiger partial charge in [0.25, 0.3) is 0 Å². The lowest BCUT2D eigenvalue weighted by Crippen LogP contribution is -2.47. The number of hydrogen-bond donors (Lipinski definition) is 0. The topological polar surface area (TPSA) is 20.3 Å². The Morgan fingerprint density at radius 3 is 1.84 bits per heavy atom. The molecule has 6 rings (SSSR count). The van der Waals surface area contributed by atoms with Crippen molar-refractivity contribution in [3.8, 4) is 0 Å². The first-order chi connectivity index (χ1) is 18.1. The molecule has 3 heteroatoms. The van der Waals surface area contributed by atoms with Crippen LogP contribution in [0.4, 0.5) is 0 Å². The Hall–Kier alpha value is -4.09. The Balaban J connectivity index is 1.63. The van der Waals surface area contributed by atoms with E-state index in [-0.39, 0.29) is 0 Å². The van der Waals surface area contributed by atoms with Gasteiger partial charge in [0.15, 0.2) is 5.54 Å². The minimum atomic E-state index is -3.09. The van der Waals surface area contributed by atoms with Gasteiger partial charge in [-0.3, -0.25) is 0 Å². The second-order valence-electron chi connectivity index (χ2n) is 9.55. The summed E-state index contributed by atoms with van der Waals surface area (Å²) in [6.45, 7) is 2.13. The van der Waals surface area contributed by atoms with Crippen molar-refractivity contribution in [2.45, 2.75) is 12.5 Å². The molecule has 2 heterocycles. The van der Waals surface area contributed by atoms with E-state index in [9.17, 15) is 0 Å². The van der Waals surface area contributed by atoms with Gasteiger partial charge in [0, 0.05) is 28.3 Å². The summed E-state index contributed by atoms with van der Waals surface area (Å²) in [5.41, 5.74) is 3.56. The third-order valence-electron chi connectivity index (χ3n) is 7.27. The molecule has 0 amide bonds. The Morgan fingerprint density at radius 2 is 1.27 bits per heavy atom. The van der Waals surface area contributed by atoms with Gasteiger partial charge < -0.3 is 9.46 Å². The smallest absolute Gasteiger partial charge is 0.214 e. The lowest BCUT2D eigenvalue weighted by molar-refractivity contribution is 0.240. The van der Waals surface area contributed by atoms with Crippen LogP contribution in [0.2, 0.25) is 0 Å². The van der Waals surface area contributed by atoms with Gasteiger partial charge in [-0.15, -0.1) is 6.04 Å². The molecule has 0 aliphatic carbocycles. The maximum absolute atomic E-state index is 15.5. The number of rotatable bonds is 6. The Labute approximate surface area is 219 Å². The van der Waals surface area contributed by atoms with Gasteiger partial charge in [0.2, 0.25) is 5.57 Å². The highest BCUT2D eigenvalue weighted by Crippen LogP contribution is 2.57. The van der Waals surface area contributed by atoms with Gasteiger partial charge in [-0.05, 0) is 12.1 Å². The summed E-state index contributed by atoms with van der Waals surface area (Å²) in [4.78, 5) is 2.35. The summed E-state index contributed by atoms with van der Waals surface area (Å²) in [5.74, 6) is 0. The van der Waals surface area contributed by atoms with Crippen LogP contribution in [-0.4, -0.2) is 11.1 Å². The first-order valence-electron chi connectivity index (χ1n) is 12.6. The summed E-state index contributed by atoms with van der Waals surface area (Å²) in [6, 6.07) is 41.9. The zero-order valence-corrected chi connectivity index (χ0v) is 21.7. The average molecular weight is 498 g/mol. The predicted octanol–water partition coefficient (Wildman–Crippen LogP) is 7.10. The maximum Gasteiger partial charge on any atom is 0.214 e. The summed E-state index contributed by atoms with van der Waals surface area (Å²) in [7, 11) is -3.09. The molecule has 0 unspecified atom stereocenters. The van der Waals surface area contributed by atoms with Gasteiger partial charge in [-0.25, -0.2) is 6.08 Å². The number of fused-ring (bicyclic) bond motifs is 1. The molecule has 4 aromatic rings. The summed E-state index contributed by atoms with van der Waals surface area (Å²) >= 11 is 0.